The highest BCUT2D eigenvalue weighted by atomic mass is 16.3. The van der Waals surface area contributed by atoms with Crippen LogP contribution < -0.4 is 5.32 Å². The van der Waals surface area contributed by atoms with E-state index < -0.39 is 6.10 Å². The van der Waals surface area contributed by atoms with Gasteiger partial charge in [-0.2, -0.15) is 0 Å². The number of nitrogens with zero attached hydrogens (tertiary/aromatic N) is 1. The number of para-hydroxylation sites is 1. The Hall–Kier alpha value is -3.82. The van der Waals surface area contributed by atoms with E-state index in [4.69, 9.17) is 0 Å². The number of benzene rings is 4. The molecule has 0 aliphatic carbocycles. The average Bonchev–Trinajstić information content (AvgIpc) is 3.17. The molecule has 1 unspecified atom stereocenters. The van der Waals surface area contributed by atoms with Crippen molar-refractivity contribution in [1.29, 1.82) is 0 Å². The number of aliphatic hydroxyl groups is 1. The normalized spacial score (nSPS) is 12.1. The van der Waals surface area contributed by atoms with Gasteiger partial charge in [0, 0.05) is 28.7 Å². The van der Waals surface area contributed by atoms with Crippen LogP contribution in [0, 0.1) is 13.8 Å². The molecule has 0 radical (unpaired) electrons. The minimum atomic E-state index is -0.553. The molecule has 0 aliphatic rings. The van der Waals surface area contributed by atoms with Crippen molar-refractivity contribution in [3.63, 3.8) is 0 Å². The summed E-state index contributed by atoms with van der Waals surface area (Å²) in [5, 5.41) is 15.8. The van der Waals surface area contributed by atoms with Gasteiger partial charge in [-0.05, 0) is 48.7 Å². The average molecular weight is 447 g/mol. The number of aromatic nitrogens is 1. The molecule has 0 saturated carbocycles. The Morgan fingerprint density at radius 3 is 2.12 bits per heavy atom. The lowest BCUT2D eigenvalue weighted by atomic mass is 9.98. The monoisotopic (exact) mass is 446 g/mol. The number of aryl methyl sites for hydroxylation is 2. The van der Waals surface area contributed by atoms with Crippen LogP contribution in [-0.4, -0.2) is 22.3 Å². The third-order valence-electron chi connectivity index (χ3n) is 6.40. The predicted molar refractivity (Wildman–Crippen MR) is 143 cm³/mol. The first-order valence-corrected chi connectivity index (χ1v) is 11.8. The van der Waals surface area contributed by atoms with Crippen LogP contribution in [0.3, 0.4) is 0 Å². The standard InChI is InChI=1S/C31H30N2O/c1-22-17-18-29-27(19-22)30(24-12-5-3-6-13-24)31(25-14-7-4-8-15-25)33(29)21-26(34)20-32-28-16-10-9-11-23(28)2/h3-19,26,32,34H,20-21H2,1-2H3. The van der Waals surface area contributed by atoms with Crippen LogP contribution in [0.1, 0.15) is 11.1 Å². The zero-order valence-corrected chi connectivity index (χ0v) is 19.7. The van der Waals surface area contributed by atoms with Crippen molar-refractivity contribution in [1.82, 2.24) is 4.57 Å². The van der Waals surface area contributed by atoms with E-state index in [2.05, 4.69) is 109 Å². The second kappa shape index (κ2) is 9.58. The van der Waals surface area contributed by atoms with Crippen LogP contribution in [0.5, 0.6) is 0 Å². The van der Waals surface area contributed by atoms with E-state index in [-0.39, 0.29) is 0 Å². The molecule has 2 N–H and O–H groups in total. The number of nitrogens with one attached hydrogen (secondary N) is 1. The maximum Gasteiger partial charge on any atom is 0.0891 e. The van der Waals surface area contributed by atoms with Crippen molar-refractivity contribution < 1.29 is 5.11 Å². The van der Waals surface area contributed by atoms with E-state index in [0.717, 1.165) is 22.5 Å². The molecule has 5 aromatic rings. The Morgan fingerprint density at radius 1 is 0.765 bits per heavy atom. The maximum atomic E-state index is 11.1. The van der Waals surface area contributed by atoms with E-state index >= 15 is 0 Å². The summed E-state index contributed by atoms with van der Waals surface area (Å²) in [6.45, 7) is 5.19. The Bertz CT molecular complexity index is 1400. The van der Waals surface area contributed by atoms with Gasteiger partial charge in [0.25, 0.3) is 0 Å². The van der Waals surface area contributed by atoms with Crippen LogP contribution in [0.2, 0.25) is 0 Å². The summed E-state index contributed by atoms with van der Waals surface area (Å²) in [5.74, 6) is 0. The third kappa shape index (κ3) is 4.35. The van der Waals surface area contributed by atoms with Gasteiger partial charge in [-0.25, -0.2) is 0 Å². The molecule has 0 amide bonds. The number of hydrogen-bond donors (Lipinski definition) is 2. The SMILES string of the molecule is Cc1ccc2c(c1)c(-c1ccccc1)c(-c1ccccc1)n2CC(O)CNc1ccccc1C. The second-order valence-corrected chi connectivity index (χ2v) is 8.94. The van der Waals surface area contributed by atoms with E-state index in [9.17, 15) is 5.11 Å². The van der Waals surface area contributed by atoms with Gasteiger partial charge in [-0.3, -0.25) is 0 Å². The molecule has 3 nitrogen and oxygen atoms in total. The molecule has 0 bridgehead atoms. The molecule has 0 fully saturated rings. The Labute approximate surface area is 201 Å². The first kappa shape index (κ1) is 22.0. The van der Waals surface area contributed by atoms with Gasteiger partial charge in [-0.15, -0.1) is 0 Å². The lowest BCUT2D eigenvalue weighted by Gasteiger charge is -2.18. The quantitative estimate of drug-likeness (QED) is 0.281. The fourth-order valence-corrected chi connectivity index (χ4v) is 4.73. The summed E-state index contributed by atoms with van der Waals surface area (Å²) in [6.07, 6.45) is -0.553. The molecule has 0 saturated heterocycles. The number of anilines is 1. The fourth-order valence-electron chi connectivity index (χ4n) is 4.73. The van der Waals surface area contributed by atoms with Crippen molar-refractivity contribution in [3.05, 3.63) is 114 Å². The van der Waals surface area contributed by atoms with Crippen molar-refractivity contribution >= 4 is 16.6 Å². The molecular weight excluding hydrogens is 416 g/mol. The lowest BCUT2D eigenvalue weighted by Crippen LogP contribution is -2.25. The molecule has 170 valence electrons. The molecule has 0 spiro atoms. The molecular formula is C31H30N2O. The summed E-state index contributed by atoms with van der Waals surface area (Å²) >= 11 is 0. The molecule has 1 aromatic heterocycles. The highest BCUT2D eigenvalue weighted by molar-refractivity contribution is 6.04. The third-order valence-corrected chi connectivity index (χ3v) is 6.40. The summed E-state index contributed by atoms with van der Waals surface area (Å²) in [5.41, 5.74) is 9.28. The van der Waals surface area contributed by atoms with E-state index in [0.29, 0.717) is 13.1 Å². The van der Waals surface area contributed by atoms with Crippen LogP contribution >= 0.6 is 0 Å². The lowest BCUT2D eigenvalue weighted by molar-refractivity contribution is 0.169. The molecule has 0 aliphatic heterocycles. The Morgan fingerprint density at radius 2 is 1.41 bits per heavy atom. The molecule has 34 heavy (non-hydrogen) atoms. The van der Waals surface area contributed by atoms with Crippen LogP contribution in [0.4, 0.5) is 5.69 Å². The summed E-state index contributed by atoms with van der Waals surface area (Å²) in [4.78, 5) is 0. The largest absolute Gasteiger partial charge is 0.389 e. The Kier molecular flexibility index (Phi) is 6.20. The number of rotatable bonds is 7. The van der Waals surface area contributed by atoms with E-state index in [1.165, 1.54) is 27.6 Å². The fraction of sp³-hybridized carbons (Fsp3) is 0.161. The summed E-state index contributed by atoms with van der Waals surface area (Å²) in [6, 6.07) is 35.9. The van der Waals surface area contributed by atoms with Gasteiger partial charge >= 0.3 is 0 Å². The second-order valence-electron chi connectivity index (χ2n) is 8.94. The van der Waals surface area contributed by atoms with Crippen molar-refractivity contribution in [2.24, 2.45) is 0 Å². The molecule has 1 atom stereocenters. The zero-order valence-electron chi connectivity index (χ0n) is 19.7. The topological polar surface area (TPSA) is 37.2 Å². The first-order chi connectivity index (χ1) is 16.6. The van der Waals surface area contributed by atoms with Crippen LogP contribution in [0.15, 0.2) is 103 Å². The van der Waals surface area contributed by atoms with Gasteiger partial charge in [-0.1, -0.05) is 90.5 Å². The van der Waals surface area contributed by atoms with E-state index in [1.807, 2.05) is 18.2 Å². The minimum absolute atomic E-state index is 0.477. The van der Waals surface area contributed by atoms with Gasteiger partial charge in [0.15, 0.2) is 0 Å². The van der Waals surface area contributed by atoms with Crippen LogP contribution in [-0.2, 0) is 6.54 Å². The van der Waals surface area contributed by atoms with Crippen molar-refractivity contribution in [2.75, 3.05) is 11.9 Å². The van der Waals surface area contributed by atoms with Gasteiger partial charge in [0.1, 0.15) is 0 Å². The maximum absolute atomic E-state index is 11.1. The van der Waals surface area contributed by atoms with E-state index in [1.54, 1.807) is 0 Å². The van der Waals surface area contributed by atoms with Gasteiger partial charge in [0.2, 0.25) is 0 Å². The zero-order chi connectivity index (χ0) is 23.5. The van der Waals surface area contributed by atoms with Gasteiger partial charge in [0.05, 0.1) is 18.3 Å². The van der Waals surface area contributed by atoms with Crippen molar-refractivity contribution in [3.8, 4) is 22.4 Å². The minimum Gasteiger partial charge on any atom is -0.389 e. The predicted octanol–water partition coefficient (Wildman–Crippen LogP) is 7.07. The van der Waals surface area contributed by atoms with Crippen LogP contribution in [0.25, 0.3) is 33.3 Å². The number of aliphatic hydroxyl groups excluding tert-OH is 1. The molecule has 1 heterocycles. The highest BCUT2D eigenvalue weighted by Gasteiger charge is 2.21. The summed E-state index contributed by atoms with van der Waals surface area (Å²) in [7, 11) is 0. The first-order valence-electron chi connectivity index (χ1n) is 11.8. The molecule has 3 heteroatoms. The number of fused-ring (bicyclic) bond motifs is 1. The van der Waals surface area contributed by atoms with Gasteiger partial charge < -0.3 is 15.0 Å². The smallest absolute Gasteiger partial charge is 0.0891 e. The Balaban J connectivity index is 1.61. The number of hydrogen-bond acceptors (Lipinski definition) is 2. The van der Waals surface area contributed by atoms with Crippen molar-refractivity contribution in [2.45, 2.75) is 26.5 Å². The molecule has 5 rings (SSSR count). The molecule has 4 aromatic carbocycles. The highest BCUT2D eigenvalue weighted by Crippen LogP contribution is 2.41. The summed E-state index contributed by atoms with van der Waals surface area (Å²) < 4.78 is 2.29.